The van der Waals surface area contributed by atoms with Gasteiger partial charge in [0.1, 0.15) is 0 Å². The fourth-order valence-corrected chi connectivity index (χ4v) is 2.68. The Morgan fingerprint density at radius 1 is 1.50 bits per heavy atom. The smallest absolute Gasteiger partial charge is 0.237 e. The van der Waals surface area contributed by atoms with Crippen LogP contribution in [0.5, 0.6) is 0 Å². The number of nitrogens with one attached hydrogen (secondary N) is 2. The molecule has 16 heavy (non-hydrogen) atoms. The number of carbonyl (C=O) groups excluding carboxylic acids is 1. The highest BCUT2D eigenvalue weighted by Gasteiger charge is 2.45. The summed E-state index contributed by atoms with van der Waals surface area (Å²) in [7, 11) is 0. The molecule has 2 aliphatic rings. The molecule has 3 nitrogen and oxygen atoms in total. The maximum absolute atomic E-state index is 12.0. The Hall–Kier alpha value is -0.570. The molecular formula is C13H24N2O. The summed E-state index contributed by atoms with van der Waals surface area (Å²) in [6.45, 7) is 8.52. The molecule has 0 aromatic heterocycles. The first-order chi connectivity index (χ1) is 7.55. The van der Waals surface area contributed by atoms with Gasteiger partial charge in [-0.25, -0.2) is 0 Å². The minimum atomic E-state index is 0.0444. The van der Waals surface area contributed by atoms with Crippen LogP contribution in [0.4, 0.5) is 0 Å². The van der Waals surface area contributed by atoms with Crippen molar-refractivity contribution < 1.29 is 4.79 Å². The molecule has 0 spiro atoms. The quantitative estimate of drug-likeness (QED) is 0.760. The SMILES string of the molecule is CC1CCNC1C(=O)NCC1(C(C)C)CC1. The van der Waals surface area contributed by atoms with Crippen LogP contribution in [0.25, 0.3) is 0 Å². The maximum atomic E-state index is 12.0. The molecule has 2 atom stereocenters. The molecule has 2 N–H and O–H groups in total. The van der Waals surface area contributed by atoms with E-state index in [0.29, 0.717) is 17.3 Å². The van der Waals surface area contributed by atoms with E-state index in [1.54, 1.807) is 0 Å². The van der Waals surface area contributed by atoms with Gasteiger partial charge in [0.15, 0.2) is 0 Å². The number of amides is 1. The van der Waals surface area contributed by atoms with Crippen LogP contribution >= 0.6 is 0 Å². The second kappa shape index (κ2) is 4.36. The lowest BCUT2D eigenvalue weighted by Crippen LogP contribution is -2.45. The molecule has 3 heteroatoms. The Morgan fingerprint density at radius 2 is 2.19 bits per heavy atom. The zero-order chi connectivity index (χ0) is 11.8. The topological polar surface area (TPSA) is 41.1 Å². The van der Waals surface area contributed by atoms with Gasteiger partial charge in [-0.2, -0.15) is 0 Å². The summed E-state index contributed by atoms with van der Waals surface area (Å²) in [5, 5.41) is 6.42. The van der Waals surface area contributed by atoms with Crippen molar-refractivity contribution >= 4 is 5.91 Å². The van der Waals surface area contributed by atoms with E-state index in [1.165, 1.54) is 12.8 Å². The molecule has 0 aromatic carbocycles. The van der Waals surface area contributed by atoms with Crippen molar-refractivity contribution in [2.45, 2.75) is 46.1 Å². The summed E-state index contributed by atoms with van der Waals surface area (Å²) in [5.74, 6) is 1.37. The molecule has 1 aliphatic carbocycles. The predicted octanol–water partition coefficient (Wildman–Crippen LogP) is 1.54. The molecule has 1 amide bonds. The molecule has 0 radical (unpaired) electrons. The standard InChI is InChI=1S/C13H24N2O/c1-9(2)13(5-6-13)8-15-12(16)11-10(3)4-7-14-11/h9-11,14H,4-8H2,1-3H3,(H,15,16). The van der Waals surface area contributed by atoms with Gasteiger partial charge in [-0.05, 0) is 43.1 Å². The summed E-state index contributed by atoms with van der Waals surface area (Å²) in [6, 6.07) is 0.0444. The predicted molar refractivity (Wildman–Crippen MR) is 65.1 cm³/mol. The molecule has 2 unspecified atom stereocenters. The van der Waals surface area contributed by atoms with E-state index >= 15 is 0 Å². The second-order valence-electron chi connectivity index (χ2n) is 5.93. The van der Waals surface area contributed by atoms with Crippen molar-refractivity contribution in [3.63, 3.8) is 0 Å². The highest BCUT2D eigenvalue weighted by molar-refractivity contribution is 5.82. The Kier molecular flexibility index (Phi) is 3.24. The highest BCUT2D eigenvalue weighted by atomic mass is 16.2. The molecule has 0 aromatic rings. The Labute approximate surface area is 98.4 Å². The first-order valence-electron chi connectivity index (χ1n) is 6.56. The van der Waals surface area contributed by atoms with Crippen LogP contribution in [0.3, 0.4) is 0 Å². The molecule has 1 saturated carbocycles. The van der Waals surface area contributed by atoms with Crippen LogP contribution < -0.4 is 10.6 Å². The van der Waals surface area contributed by atoms with E-state index in [2.05, 4.69) is 31.4 Å². The van der Waals surface area contributed by atoms with Gasteiger partial charge in [0, 0.05) is 6.54 Å². The van der Waals surface area contributed by atoms with Crippen molar-refractivity contribution in [1.82, 2.24) is 10.6 Å². The van der Waals surface area contributed by atoms with Gasteiger partial charge in [0.2, 0.25) is 5.91 Å². The molecule has 1 aliphatic heterocycles. The fourth-order valence-electron chi connectivity index (χ4n) is 2.68. The van der Waals surface area contributed by atoms with Crippen LogP contribution in [0.15, 0.2) is 0 Å². The lowest BCUT2D eigenvalue weighted by atomic mass is 9.92. The highest BCUT2D eigenvalue weighted by Crippen LogP contribution is 2.51. The summed E-state index contributed by atoms with van der Waals surface area (Å²) in [4.78, 5) is 12.0. The summed E-state index contributed by atoms with van der Waals surface area (Å²) in [5.41, 5.74) is 0.414. The first kappa shape index (κ1) is 11.9. The van der Waals surface area contributed by atoms with E-state index in [9.17, 15) is 4.79 Å². The molecular weight excluding hydrogens is 200 g/mol. The molecule has 2 fully saturated rings. The zero-order valence-electron chi connectivity index (χ0n) is 10.7. The van der Waals surface area contributed by atoms with E-state index in [1.807, 2.05) is 0 Å². The summed E-state index contributed by atoms with van der Waals surface area (Å²) in [6.07, 6.45) is 3.67. The van der Waals surface area contributed by atoms with Crippen LogP contribution in [-0.4, -0.2) is 25.0 Å². The van der Waals surface area contributed by atoms with E-state index in [-0.39, 0.29) is 11.9 Å². The monoisotopic (exact) mass is 224 g/mol. The van der Waals surface area contributed by atoms with Crippen molar-refractivity contribution in [3.8, 4) is 0 Å². The van der Waals surface area contributed by atoms with Gasteiger partial charge in [-0.3, -0.25) is 4.79 Å². The minimum absolute atomic E-state index is 0.0444. The van der Waals surface area contributed by atoms with Gasteiger partial charge in [-0.1, -0.05) is 20.8 Å². The summed E-state index contributed by atoms with van der Waals surface area (Å²) >= 11 is 0. The van der Waals surface area contributed by atoms with Gasteiger partial charge < -0.3 is 10.6 Å². The van der Waals surface area contributed by atoms with Crippen molar-refractivity contribution in [2.75, 3.05) is 13.1 Å². The van der Waals surface area contributed by atoms with Crippen LogP contribution in [0.1, 0.15) is 40.0 Å². The Balaban J connectivity index is 1.80. The van der Waals surface area contributed by atoms with Gasteiger partial charge in [0.05, 0.1) is 6.04 Å². The van der Waals surface area contributed by atoms with Gasteiger partial charge in [-0.15, -0.1) is 0 Å². The summed E-state index contributed by atoms with van der Waals surface area (Å²) < 4.78 is 0. The number of rotatable bonds is 4. The van der Waals surface area contributed by atoms with Crippen LogP contribution in [0.2, 0.25) is 0 Å². The lowest BCUT2D eigenvalue weighted by Gasteiger charge is -2.22. The minimum Gasteiger partial charge on any atom is -0.354 e. The van der Waals surface area contributed by atoms with Crippen molar-refractivity contribution in [1.29, 1.82) is 0 Å². The second-order valence-corrected chi connectivity index (χ2v) is 5.93. The normalized spacial score (nSPS) is 31.8. The molecule has 2 rings (SSSR count). The number of hydrogen-bond donors (Lipinski definition) is 2. The third kappa shape index (κ3) is 2.24. The van der Waals surface area contributed by atoms with Crippen LogP contribution in [-0.2, 0) is 4.79 Å². The van der Waals surface area contributed by atoms with Crippen LogP contribution in [0, 0.1) is 17.3 Å². The number of carbonyl (C=O) groups is 1. The van der Waals surface area contributed by atoms with Crippen molar-refractivity contribution in [3.05, 3.63) is 0 Å². The average Bonchev–Trinajstić information content (AvgIpc) is 2.92. The first-order valence-corrected chi connectivity index (χ1v) is 6.56. The zero-order valence-corrected chi connectivity index (χ0v) is 10.7. The Morgan fingerprint density at radius 3 is 2.62 bits per heavy atom. The maximum Gasteiger partial charge on any atom is 0.237 e. The molecule has 92 valence electrons. The van der Waals surface area contributed by atoms with Gasteiger partial charge >= 0.3 is 0 Å². The Bertz CT molecular complexity index is 271. The van der Waals surface area contributed by atoms with E-state index in [0.717, 1.165) is 19.5 Å². The molecule has 0 bridgehead atoms. The fraction of sp³-hybridized carbons (Fsp3) is 0.923. The molecule has 1 heterocycles. The third-order valence-electron chi connectivity index (χ3n) is 4.55. The largest absolute Gasteiger partial charge is 0.354 e. The number of hydrogen-bond acceptors (Lipinski definition) is 2. The van der Waals surface area contributed by atoms with E-state index < -0.39 is 0 Å². The lowest BCUT2D eigenvalue weighted by molar-refractivity contribution is -0.123. The van der Waals surface area contributed by atoms with Gasteiger partial charge in [0.25, 0.3) is 0 Å². The average molecular weight is 224 g/mol. The third-order valence-corrected chi connectivity index (χ3v) is 4.55. The van der Waals surface area contributed by atoms with E-state index in [4.69, 9.17) is 0 Å². The molecule has 1 saturated heterocycles. The van der Waals surface area contributed by atoms with Crippen molar-refractivity contribution in [2.24, 2.45) is 17.3 Å².